The number of halogens is 1. The van der Waals surface area contributed by atoms with Crippen LogP contribution in [0, 0.1) is 16.7 Å². The van der Waals surface area contributed by atoms with Gasteiger partial charge in [0.05, 0.1) is 32.7 Å². The number of H-pyrrole nitrogens is 1. The van der Waals surface area contributed by atoms with Crippen LogP contribution in [0.3, 0.4) is 0 Å². The predicted octanol–water partition coefficient (Wildman–Crippen LogP) is 5.58. The van der Waals surface area contributed by atoms with Crippen LogP contribution in [0.5, 0.6) is 0 Å². The van der Waals surface area contributed by atoms with Crippen molar-refractivity contribution in [1.82, 2.24) is 20.0 Å². The summed E-state index contributed by atoms with van der Waals surface area (Å²) in [5.41, 5.74) is 3.04. The molecule has 1 atom stereocenters. The molecule has 3 aromatic rings. The fourth-order valence-corrected chi connectivity index (χ4v) is 8.68. The first-order valence-electron chi connectivity index (χ1n) is 14.8. The van der Waals surface area contributed by atoms with Gasteiger partial charge in [-0.3, -0.25) is 19.4 Å². The number of nitrogens with zero attached hydrogens (tertiary/aromatic N) is 3. The van der Waals surface area contributed by atoms with Crippen LogP contribution in [0.4, 0.5) is 5.69 Å². The highest BCUT2D eigenvalue weighted by atomic mass is 35.5. The lowest BCUT2D eigenvalue weighted by molar-refractivity contribution is -0.148. The maximum absolute atomic E-state index is 14.2. The second-order valence-corrected chi connectivity index (χ2v) is 15.8. The van der Waals surface area contributed by atoms with Crippen LogP contribution in [-0.2, 0) is 32.6 Å². The Morgan fingerprint density at radius 1 is 1.19 bits per heavy atom. The highest BCUT2D eigenvalue weighted by Gasteiger charge is 2.44. The number of piperidine rings is 1. The lowest BCUT2D eigenvalue weighted by Gasteiger charge is -2.38. The summed E-state index contributed by atoms with van der Waals surface area (Å²) in [7, 11) is -3.64. The van der Waals surface area contributed by atoms with Crippen LogP contribution in [0.1, 0.15) is 63.6 Å². The van der Waals surface area contributed by atoms with Gasteiger partial charge < -0.3 is 9.80 Å². The van der Waals surface area contributed by atoms with Crippen molar-refractivity contribution < 1.29 is 18.0 Å². The number of aromatic nitrogens is 2. The maximum Gasteiger partial charge on any atom is 0.258 e. The fourth-order valence-electron chi connectivity index (χ4n) is 6.85. The molecule has 1 aromatic heterocycles. The Morgan fingerprint density at radius 2 is 1.91 bits per heavy atom. The molecule has 1 saturated heterocycles. The summed E-state index contributed by atoms with van der Waals surface area (Å²) in [4.78, 5) is 32.1. The fraction of sp³-hybridized carbons (Fsp3) is 0.469. The standard InChI is InChI=1S/C32H38ClN5O4S/c1-31(2,3)19-38-18-24-22(13-25(33)29-23(24)17-34-35-29)15-32(4,30(38)40)16-28(39)37-11-9-20(10-12-37)27-14-21-7-5-6-8-26(21)36-43(27,41)42/h5-8,13-14,17,20,36H,9-12,15-16,18-19H2,1-4H3,(H,34,35). The number of anilines is 1. The van der Waals surface area contributed by atoms with Crippen LogP contribution in [0.2, 0.25) is 5.02 Å². The number of para-hydroxylation sites is 1. The first-order valence-corrected chi connectivity index (χ1v) is 16.6. The number of rotatable bonds is 4. The van der Waals surface area contributed by atoms with Gasteiger partial charge in [0.2, 0.25) is 11.8 Å². The van der Waals surface area contributed by atoms with Gasteiger partial charge >= 0.3 is 0 Å². The van der Waals surface area contributed by atoms with E-state index in [2.05, 4.69) is 35.7 Å². The highest BCUT2D eigenvalue weighted by Crippen LogP contribution is 2.41. The Bertz CT molecular complexity index is 1750. The zero-order valence-corrected chi connectivity index (χ0v) is 26.6. The van der Waals surface area contributed by atoms with E-state index in [1.54, 1.807) is 29.3 Å². The van der Waals surface area contributed by atoms with Crippen molar-refractivity contribution in [3.05, 3.63) is 63.1 Å². The number of hydrogen-bond donors (Lipinski definition) is 2. The van der Waals surface area contributed by atoms with Crippen molar-refractivity contribution in [3.63, 3.8) is 0 Å². The summed E-state index contributed by atoms with van der Waals surface area (Å²) in [6.45, 7) is 10.0. The van der Waals surface area contributed by atoms with Gasteiger partial charge in [-0.15, -0.1) is 0 Å². The van der Waals surface area contributed by atoms with Crippen LogP contribution in [0.25, 0.3) is 17.0 Å². The maximum atomic E-state index is 14.2. The number of aromatic amines is 1. The largest absolute Gasteiger partial charge is 0.343 e. The number of fused-ring (bicyclic) bond motifs is 4. The normalized spacial score (nSPS) is 22.4. The van der Waals surface area contributed by atoms with E-state index in [0.717, 1.165) is 27.6 Å². The Kier molecular flexibility index (Phi) is 7.36. The molecule has 0 spiro atoms. The number of carbonyl (C=O) groups excluding carboxylic acids is 2. The van der Waals surface area contributed by atoms with E-state index in [0.29, 0.717) is 61.1 Å². The molecular weight excluding hydrogens is 586 g/mol. The number of likely N-dealkylation sites (tertiary alicyclic amines) is 1. The Morgan fingerprint density at radius 3 is 2.63 bits per heavy atom. The van der Waals surface area contributed by atoms with Gasteiger partial charge in [0.25, 0.3) is 10.0 Å². The zero-order valence-electron chi connectivity index (χ0n) is 25.0. The van der Waals surface area contributed by atoms with Gasteiger partial charge in [0, 0.05) is 43.9 Å². The molecule has 2 N–H and O–H groups in total. The van der Waals surface area contributed by atoms with Crippen LogP contribution in [0.15, 0.2) is 41.4 Å². The summed E-state index contributed by atoms with van der Waals surface area (Å²) < 4.78 is 28.8. The molecule has 0 radical (unpaired) electrons. The van der Waals surface area contributed by atoms with Crippen molar-refractivity contribution in [2.45, 2.75) is 59.9 Å². The average Bonchev–Trinajstić information content (AvgIpc) is 3.40. The minimum absolute atomic E-state index is 0.0437. The Balaban J connectivity index is 1.23. The topological polar surface area (TPSA) is 115 Å². The summed E-state index contributed by atoms with van der Waals surface area (Å²) in [5, 5.41) is 8.62. The monoisotopic (exact) mass is 623 g/mol. The smallest absolute Gasteiger partial charge is 0.258 e. The number of amides is 2. The third kappa shape index (κ3) is 5.67. The van der Waals surface area contributed by atoms with Gasteiger partial charge in [-0.2, -0.15) is 5.10 Å². The van der Waals surface area contributed by atoms with E-state index in [9.17, 15) is 18.0 Å². The van der Waals surface area contributed by atoms with Crippen molar-refractivity contribution in [2.24, 2.45) is 16.7 Å². The average molecular weight is 624 g/mol. The molecule has 3 aliphatic heterocycles. The molecule has 9 nitrogen and oxygen atoms in total. The van der Waals surface area contributed by atoms with Gasteiger partial charge in [-0.1, -0.05) is 50.6 Å². The summed E-state index contributed by atoms with van der Waals surface area (Å²) in [6, 6.07) is 9.24. The molecule has 11 heteroatoms. The van der Waals surface area contributed by atoms with Gasteiger partial charge in [0.15, 0.2) is 0 Å². The zero-order chi connectivity index (χ0) is 30.7. The second-order valence-electron chi connectivity index (χ2n) is 13.7. The molecule has 1 fully saturated rings. The molecule has 0 saturated carbocycles. The molecule has 3 aliphatic rings. The first kappa shape index (κ1) is 29.7. The van der Waals surface area contributed by atoms with Crippen molar-refractivity contribution in [3.8, 4) is 0 Å². The van der Waals surface area contributed by atoms with Crippen molar-refractivity contribution in [2.75, 3.05) is 24.4 Å². The number of benzene rings is 2. The molecule has 6 rings (SSSR count). The van der Waals surface area contributed by atoms with E-state index in [1.807, 2.05) is 30.0 Å². The number of hydrogen-bond acceptors (Lipinski definition) is 5. The minimum atomic E-state index is -3.64. The molecule has 43 heavy (non-hydrogen) atoms. The lowest BCUT2D eigenvalue weighted by atomic mass is 9.78. The molecule has 2 amide bonds. The predicted molar refractivity (Wildman–Crippen MR) is 169 cm³/mol. The molecule has 2 aromatic carbocycles. The van der Waals surface area contributed by atoms with Gasteiger partial charge in [-0.05, 0) is 66.5 Å². The molecular formula is C32H38ClN5O4S. The number of sulfonamides is 1. The minimum Gasteiger partial charge on any atom is -0.343 e. The van der Waals surface area contributed by atoms with E-state index in [4.69, 9.17) is 11.6 Å². The Labute approximate surface area is 257 Å². The quantitative estimate of drug-likeness (QED) is 0.394. The third-order valence-electron chi connectivity index (χ3n) is 8.89. The van der Waals surface area contributed by atoms with E-state index >= 15 is 0 Å². The lowest BCUT2D eigenvalue weighted by Crippen LogP contribution is -2.48. The number of carbonyl (C=O) groups is 2. The molecule has 1 unspecified atom stereocenters. The second kappa shape index (κ2) is 10.7. The van der Waals surface area contributed by atoms with E-state index in [-0.39, 0.29) is 29.6 Å². The van der Waals surface area contributed by atoms with E-state index in [1.165, 1.54) is 0 Å². The SMILES string of the molecule is CC(C)(C)CN1Cc2c(cc(Cl)c3[nH]ncc23)CC(C)(CC(=O)N2CCC(C3=Cc4ccccc4NS3(=O)=O)CC2)C1=O. The molecule has 228 valence electrons. The van der Waals surface area contributed by atoms with Crippen molar-refractivity contribution >= 4 is 56.1 Å². The Hall–Kier alpha value is -3.37. The van der Waals surface area contributed by atoms with Gasteiger partial charge in [-0.25, -0.2) is 8.42 Å². The van der Waals surface area contributed by atoms with Crippen LogP contribution >= 0.6 is 11.6 Å². The number of nitrogens with one attached hydrogen (secondary N) is 2. The summed E-state index contributed by atoms with van der Waals surface area (Å²) >= 11 is 6.62. The molecule has 0 aliphatic carbocycles. The first-order chi connectivity index (χ1) is 20.2. The molecule has 0 bridgehead atoms. The van der Waals surface area contributed by atoms with Gasteiger partial charge in [0.1, 0.15) is 0 Å². The van der Waals surface area contributed by atoms with E-state index < -0.39 is 15.4 Å². The van der Waals surface area contributed by atoms with Crippen LogP contribution in [-0.4, -0.2) is 59.9 Å². The molecule has 4 heterocycles. The highest BCUT2D eigenvalue weighted by molar-refractivity contribution is 7.96. The van der Waals surface area contributed by atoms with Crippen molar-refractivity contribution in [1.29, 1.82) is 0 Å². The number of allylic oxidation sites excluding steroid dienone is 1. The third-order valence-corrected chi connectivity index (χ3v) is 10.8. The van der Waals surface area contributed by atoms with Crippen LogP contribution < -0.4 is 4.72 Å². The summed E-state index contributed by atoms with van der Waals surface area (Å²) in [5.74, 6) is -0.315. The summed E-state index contributed by atoms with van der Waals surface area (Å²) in [6.07, 6.45) is 5.05.